The number of ether oxygens (including phenoxy) is 1. The van der Waals surface area contributed by atoms with Gasteiger partial charge in [-0.25, -0.2) is 4.98 Å². The van der Waals surface area contributed by atoms with Gasteiger partial charge in [0.2, 0.25) is 0 Å². The van der Waals surface area contributed by atoms with Gasteiger partial charge in [-0.2, -0.15) is 0 Å². The van der Waals surface area contributed by atoms with Gasteiger partial charge in [0, 0.05) is 20.7 Å². The van der Waals surface area contributed by atoms with Gasteiger partial charge in [-0.1, -0.05) is 12.1 Å². The van der Waals surface area contributed by atoms with Crippen LogP contribution in [-0.2, 0) is 19.7 Å². The Morgan fingerprint density at radius 1 is 0.966 bits per heavy atom. The van der Waals surface area contributed by atoms with E-state index >= 15 is 0 Å². The van der Waals surface area contributed by atoms with E-state index in [0.717, 1.165) is 16.5 Å². The van der Waals surface area contributed by atoms with Crippen molar-refractivity contribution >= 4 is 39.9 Å². The van der Waals surface area contributed by atoms with Crippen LogP contribution in [0.2, 0.25) is 0 Å². The Bertz CT molecular complexity index is 1000. The maximum atomic E-state index is 13.2. The highest BCUT2D eigenvalue weighted by Crippen LogP contribution is 2.21. The van der Waals surface area contributed by atoms with Crippen molar-refractivity contribution in [1.29, 1.82) is 0 Å². The molecule has 0 aliphatic carbocycles. The van der Waals surface area contributed by atoms with Gasteiger partial charge in [0.15, 0.2) is 0 Å². The van der Waals surface area contributed by atoms with E-state index in [1.807, 2.05) is 64.4 Å². The fourth-order valence-corrected chi connectivity index (χ4v) is 4.93. The first-order valence-electron chi connectivity index (χ1n) is 9.15. The second-order valence-electron chi connectivity index (χ2n) is 6.49. The van der Waals surface area contributed by atoms with Gasteiger partial charge in [-0.05, 0) is 54.1 Å². The maximum Gasteiger partial charge on any atom is 0.254 e. The van der Waals surface area contributed by atoms with Gasteiger partial charge in [-0.15, -0.1) is 34.0 Å². The van der Waals surface area contributed by atoms with Crippen LogP contribution in [0.3, 0.4) is 0 Å². The highest BCUT2D eigenvalue weighted by molar-refractivity contribution is 7.10. The lowest BCUT2D eigenvalue weighted by Gasteiger charge is -2.22. The molecule has 0 unspecified atom stereocenters. The smallest absolute Gasteiger partial charge is 0.254 e. The SMILES string of the molecule is Cc1nc(COc2ccc(C(=O)N(Cc3cccs3)Cc3cccs3)cc2)cs1. The summed E-state index contributed by atoms with van der Waals surface area (Å²) in [6.45, 7) is 3.62. The molecule has 1 aromatic carbocycles. The maximum absolute atomic E-state index is 13.2. The van der Waals surface area contributed by atoms with E-state index in [-0.39, 0.29) is 5.91 Å². The number of aromatic nitrogens is 1. The normalized spacial score (nSPS) is 10.8. The van der Waals surface area contributed by atoms with Gasteiger partial charge < -0.3 is 9.64 Å². The fraction of sp³-hybridized carbons (Fsp3) is 0.182. The molecule has 4 rings (SSSR count). The molecule has 0 saturated heterocycles. The number of benzene rings is 1. The van der Waals surface area contributed by atoms with Crippen molar-refractivity contribution in [3.05, 3.63) is 90.7 Å². The molecule has 4 aromatic rings. The van der Waals surface area contributed by atoms with Crippen molar-refractivity contribution in [2.24, 2.45) is 0 Å². The minimum atomic E-state index is 0.0217. The third-order valence-electron chi connectivity index (χ3n) is 4.30. The van der Waals surface area contributed by atoms with E-state index in [1.165, 1.54) is 9.75 Å². The molecule has 0 spiro atoms. The van der Waals surface area contributed by atoms with Crippen LogP contribution in [0.25, 0.3) is 0 Å². The molecule has 0 N–H and O–H groups in total. The summed E-state index contributed by atoms with van der Waals surface area (Å²) in [5, 5.41) is 7.11. The minimum Gasteiger partial charge on any atom is -0.487 e. The van der Waals surface area contributed by atoms with E-state index in [4.69, 9.17) is 4.74 Å². The lowest BCUT2D eigenvalue weighted by atomic mass is 10.2. The topological polar surface area (TPSA) is 42.4 Å². The molecule has 0 aliphatic rings. The molecule has 148 valence electrons. The van der Waals surface area contributed by atoms with Crippen LogP contribution in [0.4, 0.5) is 0 Å². The summed E-state index contributed by atoms with van der Waals surface area (Å²) in [7, 11) is 0. The standard InChI is InChI=1S/C22H20N2O2S3/c1-16-23-18(15-29-16)14-26-19-8-6-17(7-9-19)22(25)24(12-20-4-2-10-27-20)13-21-5-3-11-28-21/h2-11,15H,12-14H2,1H3. The summed E-state index contributed by atoms with van der Waals surface area (Å²) in [4.78, 5) is 21.8. The molecule has 1 amide bonds. The van der Waals surface area contributed by atoms with Crippen molar-refractivity contribution in [2.75, 3.05) is 0 Å². The molecule has 3 aromatic heterocycles. The monoisotopic (exact) mass is 440 g/mol. The van der Waals surface area contributed by atoms with Crippen LogP contribution in [0, 0.1) is 6.92 Å². The zero-order chi connectivity index (χ0) is 20.1. The molecule has 0 radical (unpaired) electrons. The number of thiophene rings is 2. The lowest BCUT2D eigenvalue weighted by Crippen LogP contribution is -2.29. The van der Waals surface area contributed by atoms with Crippen molar-refractivity contribution < 1.29 is 9.53 Å². The Kier molecular flexibility index (Phi) is 6.39. The predicted octanol–water partition coefficient (Wildman–Crippen LogP) is 6.00. The minimum absolute atomic E-state index is 0.0217. The Labute approximate surface area is 182 Å². The van der Waals surface area contributed by atoms with E-state index in [9.17, 15) is 4.79 Å². The number of hydrogen-bond acceptors (Lipinski definition) is 6. The van der Waals surface area contributed by atoms with Gasteiger partial charge in [0.25, 0.3) is 5.91 Å². The molecule has 0 bridgehead atoms. The average molecular weight is 441 g/mol. The Morgan fingerprint density at radius 3 is 2.14 bits per heavy atom. The van der Waals surface area contributed by atoms with Crippen LogP contribution in [0.5, 0.6) is 5.75 Å². The Morgan fingerprint density at radius 2 is 1.62 bits per heavy atom. The number of amides is 1. The van der Waals surface area contributed by atoms with E-state index < -0.39 is 0 Å². The summed E-state index contributed by atoms with van der Waals surface area (Å²) in [5.41, 5.74) is 1.58. The molecule has 0 fully saturated rings. The number of carbonyl (C=O) groups excluding carboxylic acids is 1. The van der Waals surface area contributed by atoms with Crippen LogP contribution in [0.1, 0.15) is 30.8 Å². The Hall–Kier alpha value is -2.48. The summed E-state index contributed by atoms with van der Waals surface area (Å²) < 4.78 is 5.79. The number of hydrogen-bond donors (Lipinski definition) is 0. The largest absolute Gasteiger partial charge is 0.487 e. The lowest BCUT2D eigenvalue weighted by molar-refractivity contribution is 0.0733. The number of carbonyl (C=O) groups is 1. The molecule has 0 saturated carbocycles. The average Bonchev–Trinajstić information content (AvgIpc) is 3.50. The quantitative estimate of drug-likeness (QED) is 0.338. The molecular formula is C22H20N2O2S3. The second kappa shape index (κ2) is 9.35. The second-order valence-corrected chi connectivity index (χ2v) is 9.62. The van der Waals surface area contributed by atoms with Crippen molar-refractivity contribution in [1.82, 2.24) is 9.88 Å². The molecule has 0 atom stereocenters. The molecule has 0 aliphatic heterocycles. The van der Waals surface area contributed by atoms with E-state index in [0.29, 0.717) is 25.3 Å². The molecule has 29 heavy (non-hydrogen) atoms. The van der Waals surface area contributed by atoms with Gasteiger partial charge in [0.1, 0.15) is 12.4 Å². The van der Waals surface area contributed by atoms with Gasteiger partial charge >= 0.3 is 0 Å². The number of thiazole rings is 1. The van der Waals surface area contributed by atoms with E-state index in [1.54, 1.807) is 34.0 Å². The van der Waals surface area contributed by atoms with E-state index in [2.05, 4.69) is 17.1 Å². The highest BCUT2D eigenvalue weighted by Gasteiger charge is 2.18. The van der Waals surface area contributed by atoms with Crippen molar-refractivity contribution in [3.8, 4) is 5.75 Å². The third kappa shape index (κ3) is 5.32. The van der Waals surface area contributed by atoms with Crippen LogP contribution >= 0.6 is 34.0 Å². The van der Waals surface area contributed by atoms with Crippen molar-refractivity contribution in [2.45, 2.75) is 26.6 Å². The summed E-state index contributed by atoms with van der Waals surface area (Å²) in [6, 6.07) is 15.5. The first-order valence-corrected chi connectivity index (χ1v) is 11.8. The highest BCUT2D eigenvalue weighted by atomic mass is 32.1. The summed E-state index contributed by atoms with van der Waals surface area (Å²) in [5.74, 6) is 0.753. The van der Waals surface area contributed by atoms with Crippen molar-refractivity contribution in [3.63, 3.8) is 0 Å². The zero-order valence-electron chi connectivity index (χ0n) is 15.9. The molecule has 3 heterocycles. The predicted molar refractivity (Wildman–Crippen MR) is 120 cm³/mol. The Balaban J connectivity index is 1.44. The van der Waals surface area contributed by atoms with Gasteiger partial charge in [-0.3, -0.25) is 4.79 Å². The summed E-state index contributed by atoms with van der Waals surface area (Å²) >= 11 is 4.95. The molecular weight excluding hydrogens is 420 g/mol. The molecule has 4 nitrogen and oxygen atoms in total. The van der Waals surface area contributed by atoms with Gasteiger partial charge in [0.05, 0.1) is 23.8 Å². The number of rotatable bonds is 8. The fourth-order valence-electron chi connectivity index (χ4n) is 2.89. The van der Waals surface area contributed by atoms with Crippen LogP contribution in [0.15, 0.2) is 64.7 Å². The molecule has 7 heteroatoms. The summed E-state index contributed by atoms with van der Waals surface area (Å²) in [6.07, 6.45) is 0. The first kappa shape index (κ1) is 19.8. The zero-order valence-corrected chi connectivity index (χ0v) is 18.4. The number of aryl methyl sites for hydroxylation is 1. The first-order chi connectivity index (χ1) is 14.2. The van der Waals surface area contributed by atoms with Crippen LogP contribution in [-0.4, -0.2) is 15.8 Å². The third-order valence-corrected chi connectivity index (χ3v) is 6.84. The number of nitrogens with zero attached hydrogens (tertiary/aromatic N) is 2. The van der Waals surface area contributed by atoms with Crippen LogP contribution < -0.4 is 4.74 Å².